The molecule has 1 aromatic carbocycles. The summed E-state index contributed by atoms with van der Waals surface area (Å²) in [6, 6.07) is 5.04. The van der Waals surface area contributed by atoms with Crippen LogP contribution in [0.2, 0.25) is 0 Å². The molecule has 2 unspecified atom stereocenters. The molecule has 0 aliphatic rings. The van der Waals surface area contributed by atoms with E-state index >= 15 is 0 Å². The van der Waals surface area contributed by atoms with Gasteiger partial charge in [0, 0.05) is 7.11 Å². The second-order valence-corrected chi connectivity index (χ2v) is 3.57. The fourth-order valence-electron chi connectivity index (χ4n) is 1.31. The van der Waals surface area contributed by atoms with Crippen LogP contribution in [-0.4, -0.2) is 37.0 Å². The molecule has 0 fully saturated rings. The number of methoxy groups -OCH3 is 1. The SMILES string of the molecule is COC(CO)C(C)OC(=O)c1ccc(F)cc1. The van der Waals surface area contributed by atoms with Crippen LogP contribution in [-0.2, 0) is 9.47 Å². The topological polar surface area (TPSA) is 55.8 Å². The molecule has 5 heteroatoms. The van der Waals surface area contributed by atoms with Crippen molar-refractivity contribution in [1.82, 2.24) is 0 Å². The summed E-state index contributed by atoms with van der Waals surface area (Å²) in [7, 11) is 1.42. The number of hydrogen-bond donors (Lipinski definition) is 1. The van der Waals surface area contributed by atoms with Gasteiger partial charge in [0.05, 0.1) is 12.2 Å². The normalized spacial score (nSPS) is 14.1. The Morgan fingerprint density at radius 1 is 1.41 bits per heavy atom. The highest BCUT2D eigenvalue weighted by molar-refractivity contribution is 5.89. The van der Waals surface area contributed by atoms with E-state index in [2.05, 4.69) is 0 Å². The maximum absolute atomic E-state index is 12.6. The third-order valence-electron chi connectivity index (χ3n) is 2.38. The zero-order valence-corrected chi connectivity index (χ0v) is 9.72. The van der Waals surface area contributed by atoms with Gasteiger partial charge in [-0.2, -0.15) is 0 Å². The number of aliphatic hydroxyl groups is 1. The number of benzene rings is 1. The Bertz CT molecular complexity index is 359. The van der Waals surface area contributed by atoms with Crippen molar-refractivity contribution in [2.24, 2.45) is 0 Å². The molecule has 0 radical (unpaired) electrons. The lowest BCUT2D eigenvalue weighted by Gasteiger charge is -2.20. The first kappa shape index (κ1) is 13.6. The number of ether oxygens (including phenoxy) is 2. The molecule has 0 aliphatic heterocycles. The molecule has 1 rings (SSSR count). The van der Waals surface area contributed by atoms with Crippen LogP contribution >= 0.6 is 0 Å². The zero-order valence-electron chi connectivity index (χ0n) is 9.72. The molecule has 94 valence electrons. The van der Waals surface area contributed by atoms with Crippen LogP contribution < -0.4 is 0 Å². The Hall–Kier alpha value is -1.46. The molecular formula is C12H15FO4. The zero-order chi connectivity index (χ0) is 12.8. The lowest BCUT2D eigenvalue weighted by molar-refractivity contribution is -0.0486. The van der Waals surface area contributed by atoms with E-state index in [4.69, 9.17) is 14.6 Å². The number of rotatable bonds is 5. The van der Waals surface area contributed by atoms with Crippen molar-refractivity contribution >= 4 is 5.97 Å². The monoisotopic (exact) mass is 242 g/mol. The molecule has 0 amide bonds. The van der Waals surface area contributed by atoms with Gasteiger partial charge in [-0.3, -0.25) is 0 Å². The summed E-state index contributed by atoms with van der Waals surface area (Å²) < 4.78 is 22.6. The van der Waals surface area contributed by atoms with Gasteiger partial charge in [0.2, 0.25) is 0 Å². The largest absolute Gasteiger partial charge is 0.456 e. The molecule has 0 aromatic heterocycles. The Morgan fingerprint density at radius 2 is 2.00 bits per heavy atom. The number of esters is 1. The fraction of sp³-hybridized carbons (Fsp3) is 0.417. The van der Waals surface area contributed by atoms with E-state index < -0.39 is 24.0 Å². The minimum atomic E-state index is -0.581. The van der Waals surface area contributed by atoms with E-state index in [1.807, 2.05) is 0 Å². The highest BCUT2D eigenvalue weighted by Gasteiger charge is 2.20. The average molecular weight is 242 g/mol. The maximum Gasteiger partial charge on any atom is 0.338 e. The first-order chi connectivity index (χ1) is 8.08. The van der Waals surface area contributed by atoms with Gasteiger partial charge in [0.1, 0.15) is 18.0 Å². The first-order valence-electron chi connectivity index (χ1n) is 5.18. The molecule has 1 N–H and O–H groups in total. The maximum atomic E-state index is 12.6. The predicted octanol–water partition coefficient (Wildman–Crippen LogP) is 1.38. The van der Waals surface area contributed by atoms with Crippen molar-refractivity contribution < 1.29 is 23.8 Å². The second kappa shape index (κ2) is 6.32. The lowest BCUT2D eigenvalue weighted by Crippen LogP contribution is -2.33. The van der Waals surface area contributed by atoms with E-state index in [1.165, 1.54) is 31.4 Å². The second-order valence-electron chi connectivity index (χ2n) is 3.57. The van der Waals surface area contributed by atoms with E-state index in [-0.39, 0.29) is 12.2 Å². The van der Waals surface area contributed by atoms with Crippen molar-refractivity contribution in [3.63, 3.8) is 0 Å². The highest BCUT2D eigenvalue weighted by atomic mass is 19.1. The van der Waals surface area contributed by atoms with Crippen molar-refractivity contribution in [3.8, 4) is 0 Å². The molecule has 0 aliphatic carbocycles. The molecule has 0 heterocycles. The van der Waals surface area contributed by atoms with Crippen LogP contribution in [0.1, 0.15) is 17.3 Å². The smallest absolute Gasteiger partial charge is 0.338 e. The lowest BCUT2D eigenvalue weighted by atomic mass is 10.2. The summed E-state index contributed by atoms with van der Waals surface area (Å²) >= 11 is 0. The van der Waals surface area contributed by atoms with Crippen LogP contribution in [0.4, 0.5) is 4.39 Å². The van der Waals surface area contributed by atoms with Gasteiger partial charge in [-0.15, -0.1) is 0 Å². The summed E-state index contributed by atoms with van der Waals surface area (Å²) in [5, 5.41) is 8.95. The number of hydrogen-bond acceptors (Lipinski definition) is 4. The van der Waals surface area contributed by atoms with Gasteiger partial charge >= 0.3 is 5.97 Å². The molecule has 17 heavy (non-hydrogen) atoms. The first-order valence-corrected chi connectivity index (χ1v) is 5.18. The standard InChI is InChI=1S/C12H15FO4/c1-8(11(7-14)16-2)17-12(15)9-3-5-10(13)6-4-9/h3-6,8,11,14H,7H2,1-2H3. The Kier molecular flexibility index (Phi) is 5.06. The van der Waals surface area contributed by atoms with Crippen LogP contribution in [0.15, 0.2) is 24.3 Å². The van der Waals surface area contributed by atoms with Gasteiger partial charge in [0.25, 0.3) is 0 Å². The predicted molar refractivity (Wildman–Crippen MR) is 59.2 cm³/mol. The van der Waals surface area contributed by atoms with Crippen LogP contribution in [0.5, 0.6) is 0 Å². The van der Waals surface area contributed by atoms with Crippen molar-refractivity contribution in [3.05, 3.63) is 35.6 Å². The van der Waals surface area contributed by atoms with E-state index in [0.717, 1.165) is 0 Å². The van der Waals surface area contributed by atoms with Crippen molar-refractivity contribution in [2.75, 3.05) is 13.7 Å². The summed E-state index contributed by atoms with van der Waals surface area (Å²) in [6.45, 7) is 1.38. The van der Waals surface area contributed by atoms with Gasteiger partial charge < -0.3 is 14.6 Å². The van der Waals surface area contributed by atoms with Gasteiger partial charge in [-0.05, 0) is 31.2 Å². The summed E-state index contributed by atoms with van der Waals surface area (Å²) in [4.78, 5) is 11.6. The van der Waals surface area contributed by atoms with Gasteiger partial charge in [-0.1, -0.05) is 0 Å². The number of halogens is 1. The molecule has 0 bridgehead atoms. The molecule has 0 saturated heterocycles. The number of aliphatic hydroxyl groups excluding tert-OH is 1. The Morgan fingerprint density at radius 3 is 2.47 bits per heavy atom. The molecule has 2 atom stereocenters. The molecular weight excluding hydrogens is 227 g/mol. The van der Waals surface area contributed by atoms with E-state index in [9.17, 15) is 9.18 Å². The third-order valence-corrected chi connectivity index (χ3v) is 2.38. The summed E-state index contributed by atoms with van der Waals surface area (Å²) in [5.41, 5.74) is 0.256. The minimum Gasteiger partial charge on any atom is -0.456 e. The van der Waals surface area contributed by atoms with Crippen LogP contribution in [0.3, 0.4) is 0 Å². The molecule has 0 saturated carbocycles. The average Bonchev–Trinajstić information content (AvgIpc) is 2.31. The van der Waals surface area contributed by atoms with E-state index in [0.29, 0.717) is 0 Å². The molecule has 1 aromatic rings. The Balaban J connectivity index is 2.62. The van der Waals surface area contributed by atoms with E-state index in [1.54, 1.807) is 6.92 Å². The quantitative estimate of drug-likeness (QED) is 0.792. The fourth-order valence-corrected chi connectivity index (χ4v) is 1.31. The number of carbonyl (C=O) groups is 1. The van der Waals surface area contributed by atoms with Gasteiger partial charge in [0.15, 0.2) is 0 Å². The molecule has 4 nitrogen and oxygen atoms in total. The van der Waals surface area contributed by atoms with Crippen molar-refractivity contribution in [2.45, 2.75) is 19.1 Å². The summed E-state index contributed by atoms with van der Waals surface area (Å²) in [5.74, 6) is -0.993. The van der Waals surface area contributed by atoms with Crippen LogP contribution in [0, 0.1) is 5.82 Å². The van der Waals surface area contributed by atoms with Crippen LogP contribution in [0.25, 0.3) is 0 Å². The highest BCUT2D eigenvalue weighted by Crippen LogP contribution is 2.09. The Labute approximate surface area is 99.0 Å². The minimum absolute atomic E-state index is 0.242. The molecule has 0 spiro atoms. The van der Waals surface area contributed by atoms with Gasteiger partial charge in [-0.25, -0.2) is 9.18 Å². The summed E-state index contributed by atoms with van der Waals surface area (Å²) in [6.07, 6.45) is -1.15. The third kappa shape index (κ3) is 3.80. The number of carbonyl (C=O) groups excluding carboxylic acids is 1. The van der Waals surface area contributed by atoms with Crippen molar-refractivity contribution in [1.29, 1.82) is 0 Å².